The maximum Gasteiger partial charge on any atom is 0.123 e. The molecule has 0 bridgehead atoms. The lowest BCUT2D eigenvalue weighted by Crippen LogP contribution is -2.33. The highest BCUT2D eigenvalue weighted by atomic mass is 35.5. The highest BCUT2D eigenvalue weighted by Crippen LogP contribution is 2.14. The fourth-order valence-electron chi connectivity index (χ4n) is 2.25. The van der Waals surface area contributed by atoms with Crippen LogP contribution in [0.5, 0.6) is 5.75 Å². The van der Waals surface area contributed by atoms with E-state index >= 15 is 0 Å². The summed E-state index contributed by atoms with van der Waals surface area (Å²) in [5.74, 6) is 0.246. The molecule has 24 heavy (non-hydrogen) atoms. The molecule has 2 N–H and O–H groups in total. The molecule has 0 heterocycles. The van der Waals surface area contributed by atoms with Crippen LogP contribution < -0.4 is 10.1 Å². The van der Waals surface area contributed by atoms with E-state index in [2.05, 4.69) is 43.4 Å². The quantitative estimate of drug-likeness (QED) is 0.756. The molecule has 132 valence electrons. The number of nitrogens with one attached hydrogen (secondary N) is 1. The molecule has 2 aromatic carbocycles. The smallest absolute Gasteiger partial charge is 0.123 e. The van der Waals surface area contributed by atoms with Crippen molar-refractivity contribution in [3.8, 4) is 5.75 Å². The lowest BCUT2D eigenvalue weighted by Gasteiger charge is -2.18. The summed E-state index contributed by atoms with van der Waals surface area (Å²) in [6, 6.07) is 14.4. The van der Waals surface area contributed by atoms with E-state index in [0.29, 0.717) is 12.3 Å². The lowest BCUT2D eigenvalue weighted by atomic mass is 10.0. The summed E-state index contributed by atoms with van der Waals surface area (Å²) >= 11 is 0. The highest BCUT2D eigenvalue weighted by molar-refractivity contribution is 5.85. The highest BCUT2D eigenvalue weighted by Gasteiger charge is 2.09. The van der Waals surface area contributed by atoms with E-state index in [1.165, 1.54) is 23.3 Å². The third kappa shape index (κ3) is 6.48. The molecule has 2 rings (SSSR count). The summed E-state index contributed by atoms with van der Waals surface area (Å²) < 4.78 is 18.2. The van der Waals surface area contributed by atoms with Crippen LogP contribution in [-0.2, 0) is 6.42 Å². The van der Waals surface area contributed by atoms with Gasteiger partial charge in [0.05, 0.1) is 0 Å². The number of aryl methyl sites for hydroxylation is 1. The van der Waals surface area contributed by atoms with Gasteiger partial charge in [0.15, 0.2) is 0 Å². The standard InChI is InChI=1S/C19H24FNO2.ClH/c1-3-15-4-6-16(7-5-15)14(2)21-12-18(22)13-23-19-10-8-17(20)9-11-19;/h4-11,14,18,21-22H,3,12-13H2,1-2H3;1H. The van der Waals surface area contributed by atoms with Crippen molar-refractivity contribution in [2.24, 2.45) is 0 Å². The van der Waals surface area contributed by atoms with Gasteiger partial charge >= 0.3 is 0 Å². The molecule has 0 radical (unpaired) electrons. The van der Waals surface area contributed by atoms with Crippen molar-refractivity contribution in [3.05, 3.63) is 65.5 Å². The lowest BCUT2D eigenvalue weighted by molar-refractivity contribution is 0.104. The Morgan fingerprint density at radius 3 is 2.29 bits per heavy atom. The first-order valence-electron chi connectivity index (χ1n) is 7.97. The SMILES string of the molecule is CCc1ccc(C(C)NCC(O)COc2ccc(F)cc2)cc1.Cl. The van der Waals surface area contributed by atoms with E-state index < -0.39 is 6.10 Å². The summed E-state index contributed by atoms with van der Waals surface area (Å²) in [5, 5.41) is 13.3. The van der Waals surface area contributed by atoms with Crippen LogP contribution in [0, 0.1) is 5.82 Å². The van der Waals surface area contributed by atoms with E-state index in [9.17, 15) is 9.50 Å². The van der Waals surface area contributed by atoms with Gasteiger partial charge in [-0.05, 0) is 48.7 Å². The minimum Gasteiger partial charge on any atom is -0.491 e. The Hall–Kier alpha value is -1.62. The first-order chi connectivity index (χ1) is 11.1. The number of rotatable bonds is 8. The fourth-order valence-corrected chi connectivity index (χ4v) is 2.25. The van der Waals surface area contributed by atoms with Crippen molar-refractivity contribution in [2.75, 3.05) is 13.2 Å². The molecule has 0 spiro atoms. The van der Waals surface area contributed by atoms with Gasteiger partial charge in [0.2, 0.25) is 0 Å². The monoisotopic (exact) mass is 353 g/mol. The molecule has 0 saturated carbocycles. The molecule has 3 nitrogen and oxygen atoms in total. The van der Waals surface area contributed by atoms with Crippen LogP contribution in [0.4, 0.5) is 4.39 Å². The van der Waals surface area contributed by atoms with Crippen LogP contribution in [0.1, 0.15) is 31.0 Å². The van der Waals surface area contributed by atoms with Gasteiger partial charge < -0.3 is 15.2 Å². The van der Waals surface area contributed by atoms with E-state index in [1.807, 2.05) is 0 Å². The summed E-state index contributed by atoms with van der Waals surface area (Å²) in [7, 11) is 0. The Morgan fingerprint density at radius 2 is 1.71 bits per heavy atom. The van der Waals surface area contributed by atoms with Gasteiger partial charge in [-0.25, -0.2) is 4.39 Å². The number of halogens is 2. The third-order valence-electron chi connectivity index (χ3n) is 3.80. The number of aliphatic hydroxyl groups excluding tert-OH is 1. The minimum absolute atomic E-state index is 0. The second kappa shape index (κ2) is 10.3. The average Bonchev–Trinajstić information content (AvgIpc) is 2.59. The van der Waals surface area contributed by atoms with Crippen molar-refractivity contribution in [2.45, 2.75) is 32.4 Å². The van der Waals surface area contributed by atoms with Crippen molar-refractivity contribution in [3.63, 3.8) is 0 Å². The van der Waals surface area contributed by atoms with Crippen LogP contribution in [0.2, 0.25) is 0 Å². The topological polar surface area (TPSA) is 41.5 Å². The molecule has 2 aromatic rings. The predicted molar refractivity (Wildman–Crippen MR) is 97.4 cm³/mol. The molecule has 0 aliphatic carbocycles. The Balaban J connectivity index is 0.00000288. The van der Waals surface area contributed by atoms with E-state index in [1.54, 1.807) is 12.1 Å². The van der Waals surface area contributed by atoms with Gasteiger partial charge in [0, 0.05) is 12.6 Å². The zero-order chi connectivity index (χ0) is 16.7. The zero-order valence-corrected chi connectivity index (χ0v) is 14.9. The average molecular weight is 354 g/mol. The maximum atomic E-state index is 12.8. The Labute approximate surface area is 149 Å². The molecular formula is C19H25ClFNO2. The number of hydrogen-bond donors (Lipinski definition) is 2. The van der Waals surface area contributed by atoms with Crippen LogP contribution in [-0.4, -0.2) is 24.4 Å². The maximum absolute atomic E-state index is 12.8. The van der Waals surface area contributed by atoms with Crippen molar-refractivity contribution in [1.82, 2.24) is 5.32 Å². The number of aliphatic hydroxyl groups is 1. The van der Waals surface area contributed by atoms with Crippen molar-refractivity contribution in [1.29, 1.82) is 0 Å². The summed E-state index contributed by atoms with van der Waals surface area (Å²) in [6.45, 7) is 4.79. The molecule has 0 amide bonds. The molecular weight excluding hydrogens is 329 g/mol. The Bertz CT molecular complexity index is 589. The van der Waals surface area contributed by atoms with Gasteiger partial charge in [-0.1, -0.05) is 31.2 Å². The van der Waals surface area contributed by atoms with Crippen LogP contribution in [0.3, 0.4) is 0 Å². The molecule has 2 atom stereocenters. The second-order valence-electron chi connectivity index (χ2n) is 5.64. The molecule has 0 fully saturated rings. The second-order valence-corrected chi connectivity index (χ2v) is 5.64. The van der Waals surface area contributed by atoms with E-state index in [0.717, 1.165) is 6.42 Å². The summed E-state index contributed by atoms with van der Waals surface area (Å²) in [5.41, 5.74) is 2.50. The first kappa shape index (κ1) is 20.4. The predicted octanol–water partition coefficient (Wildman–Crippen LogP) is 3.90. The number of hydrogen-bond acceptors (Lipinski definition) is 3. The van der Waals surface area contributed by atoms with Gasteiger partial charge in [0.1, 0.15) is 24.3 Å². The number of ether oxygens (including phenoxy) is 1. The third-order valence-corrected chi connectivity index (χ3v) is 3.80. The Morgan fingerprint density at radius 1 is 1.08 bits per heavy atom. The zero-order valence-electron chi connectivity index (χ0n) is 14.0. The summed E-state index contributed by atoms with van der Waals surface area (Å²) in [6.07, 6.45) is 0.402. The largest absolute Gasteiger partial charge is 0.491 e. The van der Waals surface area contributed by atoms with Crippen molar-refractivity contribution >= 4 is 12.4 Å². The van der Waals surface area contributed by atoms with Crippen molar-refractivity contribution < 1.29 is 14.2 Å². The minimum atomic E-state index is -0.627. The van der Waals surface area contributed by atoms with Gasteiger partial charge in [-0.2, -0.15) is 0 Å². The van der Waals surface area contributed by atoms with Crippen LogP contribution in [0.25, 0.3) is 0 Å². The molecule has 0 aliphatic rings. The van der Waals surface area contributed by atoms with Crippen LogP contribution in [0.15, 0.2) is 48.5 Å². The van der Waals surface area contributed by atoms with E-state index in [-0.39, 0.29) is 30.9 Å². The fraction of sp³-hybridized carbons (Fsp3) is 0.368. The van der Waals surface area contributed by atoms with Gasteiger partial charge in [-0.3, -0.25) is 0 Å². The van der Waals surface area contributed by atoms with Gasteiger partial charge in [0.25, 0.3) is 0 Å². The molecule has 2 unspecified atom stereocenters. The molecule has 0 saturated heterocycles. The first-order valence-corrected chi connectivity index (χ1v) is 7.97. The molecule has 0 aliphatic heterocycles. The van der Waals surface area contributed by atoms with Crippen LogP contribution >= 0.6 is 12.4 Å². The van der Waals surface area contributed by atoms with Gasteiger partial charge in [-0.15, -0.1) is 12.4 Å². The summed E-state index contributed by atoms with van der Waals surface area (Å²) in [4.78, 5) is 0. The molecule has 5 heteroatoms. The normalized spacial score (nSPS) is 13.0. The van der Waals surface area contributed by atoms with E-state index in [4.69, 9.17) is 4.74 Å². The molecule has 0 aromatic heterocycles. The Kier molecular flexibility index (Phi) is 8.76. The number of benzene rings is 2.